The number of hydrogen-bond acceptors (Lipinski definition) is 4. The monoisotopic (exact) mass is 258 g/mol. The molecule has 0 saturated heterocycles. The Bertz CT molecular complexity index is 397. The van der Waals surface area contributed by atoms with Crippen LogP contribution in [0.1, 0.15) is 32.6 Å². The van der Waals surface area contributed by atoms with Gasteiger partial charge in [-0.3, -0.25) is 4.79 Å². The fraction of sp³-hybridized carbons (Fsp3) is 0.750. The van der Waals surface area contributed by atoms with Crippen LogP contribution in [0.2, 0.25) is 0 Å². The maximum Gasteiger partial charge on any atom is 0.321 e. The summed E-state index contributed by atoms with van der Waals surface area (Å²) in [6.07, 6.45) is 8.47. The second kappa shape index (κ2) is 6.06. The number of terminal acetylenes is 1. The molecule has 0 aromatic heterocycles. The lowest BCUT2D eigenvalue weighted by Crippen LogP contribution is -2.28. The highest BCUT2D eigenvalue weighted by Crippen LogP contribution is 2.25. The van der Waals surface area contributed by atoms with Crippen LogP contribution in [-0.2, 0) is 19.4 Å². The zero-order valence-corrected chi connectivity index (χ0v) is 10.8. The molecule has 0 radical (unpaired) electrons. The fourth-order valence-corrected chi connectivity index (χ4v) is 2.71. The normalized spacial score (nSPS) is 24.9. The van der Waals surface area contributed by atoms with E-state index < -0.39 is 27.3 Å². The van der Waals surface area contributed by atoms with Gasteiger partial charge in [-0.25, -0.2) is 8.42 Å². The third-order valence-corrected chi connectivity index (χ3v) is 4.18. The van der Waals surface area contributed by atoms with Crippen LogP contribution in [0, 0.1) is 18.3 Å². The van der Waals surface area contributed by atoms with Crippen molar-refractivity contribution in [1.29, 1.82) is 0 Å². The summed E-state index contributed by atoms with van der Waals surface area (Å²) in [5.41, 5.74) is 0. The molecule has 1 aliphatic rings. The molecule has 17 heavy (non-hydrogen) atoms. The number of esters is 1. The molecule has 0 atom stereocenters. The first-order valence-corrected chi connectivity index (χ1v) is 7.58. The molecular weight excluding hydrogens is 240 g/mol. The van der Waals surface area contributed by atoms with Crippen LogP contribution in [0.3, 0.4) is 0 Å². The molecule has 1 saturated carbocycles. The summed E-state index contributed by atoms with van der Waals surface area (Å²) in [5.74, 6) is 0.988. The average molecular weight is 258 g/mol. The quantitative estimate of drug-likeness (QED) is 0.561. The molecule has 0 amide bonds. The topological polar surface area (TPSA) is 60.4 Å². The summed E-state index contributed by atoms with van der Waals surface area (Å²) in [6, 6.07) is 0. The predicted molar refractivity (Wildman–Crippen MR) is 65.0 cm³/mol. The standard InChI is InChI=1S/C12H18O4S/c1-3-8-17(14,15)9-12(13)16-11-6-4-10(2)5-7-11/h1,10-11H,4-9H2,2H3. The van der Waals surface area contributed by atoms with Crippen LogP contribution >= 0.6 is 0 Å². The maximum atomic E-state index is 11.4. The number of carbonyl (C=O) groups is 1. The Morgan fingerprint density at radius 1 is 1.35 bits per heavy atom. The molecule has 0 bridgehead atoms. The van der Waals surface area contributed by atoms with Gasteiger partial charge in [0.2, 0.25) is 0 Å². The molecule has 0 aliphatic heterocycles. The van der Waals surface area contributed by atoms with Gasteiger partial charge in [-0.2, -0.15) is 0 Å². The molecule has 96 valence electrons. The summed E-state index contributed by atoms with van der Waals surface area (Å²) in [5, 5.41) is 0. The van der Waals surface area contributed by atoms with E-state index in [0.29, 0.717) is 5.92 Å². The summed E-state index contributed by atoms with van der Waals surface area (Å²) >= 11 is 0. The van der Waals surface area contributed by atoms with E-state index in [1.165, 1.54) is 0 Å². The molecule has 0 aromatic carbocycles. The Hall–Kier alpha value is -1.02. The largest absolute Gasteiger partial charge is 0.462 e. The first-order valence-electron chi connectivity index (χ1n) is 5.76. The molecular formula is C12H18O4S. The van der Waals surface area contributed by atoms with E-state index in [2.05, 4.69) is 6.92 Å². The third kappa shape index (κ3) is 5.22. The molecule has 4 nitrogen and oxygen atoms in total. The lowest BCUT2D eigenvalue weighted by Gasteiger charge is -2.25. The molecule has 5 heteroatoms. The summed E-state index contributed by atoms with van der Waals surface area (Å²) in [6.45, 7) is 2.16. The highest BCUT2D eigenvalue weighted by molar-refractivity contribution is 7.92. The van der Waals surface area contributed by atoms with Crippen molar-refractivity contribution in [3.63, 3.8) is 0 Å². The average Bonchev–Trinajstić information content (AvgIpc) is 2.20. The van der Waals surface area contributed by atoms with Crippen molar-refractivity contribution in [3.05, 3.63) is 0 Å². The van der Waals surface area contributed by atoms with E-state index in [4.69, 9.17) is 11.2 Å². The number of rotatable bonds is 4. The van der Waals surface area contributed by atoms with E-state index in [1.54, 1.807) is 0 Å². The van der Waals surface area contributed by atoms with Crippen molar-refractivity contribution in [2.24, 2.45) is 5.92 Å². The van der Waals surface area contributed by atoms with E-state index >= 15 is 0 Å². The lowest BCUT2D eigenvalue weighted by molar-refractivity contribution is -0.147. The van der Waals surface area contributed by atoms with Crippen molar-refractivity contribution in [1.82, 2.24) is 0 Å². The summed E-state index contributed by atoms with van der Waals surface area (Å²) < 4.78 is 27.7. The fourth-order valence-electron chi connectivity index (χ4n) is 1.92. The van der Waals surface area contributed by atoms with Crippen molar-refractivity contribution in [2.45, 2.75) is 38.7 Å². The second-order valence-corrected chi connectivity index (χ2v) is 6.67. The van der Waals surface area contributed by atoms with Gasteiger partial charge in [0.15, 0.2) is 9.84 Å². The van der Waals surface area contributed by atoms with Crippen LogP contribution in [0.25, 0.3) is 0 Å². The van der Waals surface area contributed by atoms with E-state index in [9.17, 15) is 13.2 Å². The van der Waals surface area contributed by atoms with E-state index in [0.717, 1.165) is 25.7 Å². The zero-order valence-electron chi connectivity index (χ0n) is 10.0. The van der Waals surface area contributed by atoms with Gasteiger partial charge < -0.3 is 4.74 Å². The summed E-state index contributed by atoms with van der Waals surface area (Å²) in [4.78, 5) is 11.4. The second-order valence-electron chi connectivity index (χ2n) is 4.61. The number of sulfone groups is 1. The molecule has 0 N–H and O–H groups in total. The van der Waals surface area contributed by atoms with Gasteiger partial charge in [0.1, 0.15) is 17.6 Å². The molecule has 1 fully saturated rings. The molecule has 0 spiro atoms. The van der Waals surface area contributed by atoms with Gasteiger partial charge in [0.25, 0.3) is 0 Å². The molecule has 0 aromatic rings. The van der Waals surface area contributed by atoms with E-state index in [1.807, 2.05) is 5.92 Å². The third-order valence-electron chi connectivity index (χ3n) is 2.90. The highest BCUT2D eigenvalue weighted by Gasteiger charge is 2.24. The van der Waals surface area contributed by atoms with Gasteiger partial charge in [-0.1, -0.05) is 12.8 Å². The van der Waals surface area contributed by atoms with Gasteiger partial charge in [0.05, 0.1) is 0 Å². The Labute approximate surface area is 103 Å². The predicted octanol–water partition coefficient (Wildman–Crippen LogP) is 1.16. The number of hydrogen-bond donors (Lipinski definition) is 0. The molecule has 0 unspecified atom stereocenters. The van der Waals surface area contributed by atoms with Crippen LogP contribution in [-0.4, -0.2) is 32.0 Å². The Kier molecular flexibility index (Phi) is 5.01. The SMILES string of the molecule is C#CCS(=O)(=O)CC(=O)OC1CCC(C)CC1. The first kappa shape index (κ1) is 14.0. The zero-order chi connectivity index (χ0) is 12.9. The van der Waals surface area contributed by atoms with Gasteiger partial charge in [0, 0.05) is 0 Å². The van der Waals surface area contributed by atoms with Crippen molar-refractivity contribution < 1.29 is 17.9 Å². The smallest absolute Gasteiger partial charge is 0.321 e. The van der Waals surface area contributed by atoms with Crippen LogP contribution in [0.15, 0.2) is 0 Å². The minimum atomic E-state index is -3.50. The van der Waals surface area contributed by atoms with Crippen LogP contribution in [0.5, 0.6) is 0 Å². The molecule has 1 rings (SSSR count). The Morgan fingerprint density at radius 3 is 2.47 bits per heavy atom. The molecule has 0 heterocycles. The van der Waals surface area contributed by atoms with Crippen LogP contribution in [0.4, 0.5) is 0 Å². The first-order chi connectivity index (χ1) is 7.93. The van der Waals surface area contributed by atoms with Gasteiger partial charge >= 0.3 is 5.97 Å². The summed E-state index contributed by atoms with van der Waals surface area (Å²) in [7, 11) is -3.50. The van der Waals surface area contributed by atoms with Gasteiger partial charge in [-0.05, 0) is 31.6 Å². The minimum absolute atomic E-state index is 0.125. The van der Waals surface area contributed by atoms with Crippen molar-refractivity contribution in [2.75, 3.05) is 11.5 Å². The van der Waals surface area contributed by atoms with Crippen molar-refractivity contribution >= 4 is 15.8 Å². The Balaban J connectivity index is 2.38. The van der Waals surface area contributed by atoms with E-state index in [-0.39, 0.29) is 6.10 Å². The van der Waals surface area contributed by atoms with Crippen LogP contribution < -0.4 is 0 Å². The minimum Gasteiger partial charge on any atom is -0.462 e. The number of carbonyl (C=O) groups excluding carboxylic acids is 1. The highest BCUT2D eigenvalue weighted by atomic mass is 32.2. The van der Waals surface area contributed by atoms with Crippen molar-refractivity contribution in [3.8, 4) is 12.3 Å². The Morgan fingerprint density at radius 2 is 1.94 bits per heavy atom. The van der Waals surface area contributed by atoms with Gasteiger partial charge in [-0.15, -0.1) is 6.42 Å². The number of ether oxygens (including phenoxy) is 1. The maximum absolute atomic E-state index is 11.4. The lowest BCUT2D eigenvalue weighted by atomic mass is 9.89. The molecule has 1 aliphatic carbocycles.